The highest BCUT2D eigenvalue weighted by Gasteiger charge is 2.29. The highest BCUT2D eigenvalue weighted by Crippen LogP contribution is 2.15. The van der Waals surface area contributed by atoms with Crippen LogP contribution in [0.2, 0.25) is 0 Å². The largest absolute Gasteiger partial charge is 0.347 e. The van der Waals surface area contributed by atoms with Gasteiger partial charge in [-0.05, 0) is 30.5 Å². The Morgan fingerprint density at radius 3 is 2.75 bits per heavy atom. The molecule has 1 aliphatic heterocycles. The highest BCUT2D eigenvalue weighted by atomic mass is 16.2. The van der Waals surface area contributed by atoms with Crippen LogP contribution in [0, 0.1) is 13.8 Å². The smallest absolute Gasteiger partial charge is 0.240 e. The number of piperazine rings is 1. The average molecular weight is 275 g/mol. The number of aryl methyl sites for hydroxylation is 2. The summed E-state index contributed by atoms with van der Waals surface area (Å²) in [5.74, 6) is 0.182. The van der Waals surface area contributed by atoms with Crippen LogP contribution < -0.4 is 5.32 Å². The molecule has 1 aliphatic rings. The fourth-order valence-electron chi connectivity index (χ4n) is 2.61. The lowest BCUT2D eigenvalue weighted by Crippen LogP contribution is -2.57. The molecule has 0 spiro atoms. The minimum Gasteiger partial charge on any atom is -0.347 e. The Kier molecular flexibility index (Phi) is 4.78. The van der Waals surface area contributed by atoms with Gasteiger partial charge in [-0.2, -0.15) is 0 Å². The number of nitrogens with zero attached hydrogens (tertiary/aromatic N) is 2. The summed E-state index contributed by atoms with van der Waals surface area (Å²) >= 11 is 0. The number of benzene rings is 1. The lowest BCUT2D eigenvalue weighted by Gasteiger charge is -2.36. The molecule has 0 aromatic heterocycles. The summed E-state index contributed by atoms with van der Waals surface area (Å²) in [5.41, 5.74) is 3.91. The standard InChI is InChI=1S/C16H25N3O/c1-12-5-6-14(9-13(12)2)11-19-8-7-17-10-15(19)16(20)18(3)4/h5-6,9,15,17H,7-8,10-11H2,1-4H3. The van der Waals surface area contributed by atoms with Crippen molar-refractivity contribution < 1.29 is 4.79 Å². The molecule has 0 saturated carbocycles. The summed E-state index contributed by atoms with van der Waals surface area (Å²) in [7, 11) is 3.65. The fraction of sp³-hybridized carbons (Fsp3) is 0.562. The molecule has 0 radical (unpaired) electrons. The van der Waals surface area contributed by atoms with E-state index in [2.05, 4.69) is 42.3 Å². The van der Waals surface area contributed by atoms with Crippen LogP contribution in [0.4, 0.5) is 0 Å². The summed E-state index contributed by atoms with van der Waals surface area (Å²) in [6.45, 7) is 7.70. The molecule has 1 amide bonds. The van der Waals surface area contributed by atoms with Gasteiger partial charge in [0.15, 0.2) is 0 Å². The first-order chi connectivity index (χ1) is 9.49. The molecule has 1 fully saturated rings. The van der Waals surface area contributed by atoms with Crippen LogP contribution in [-0.2, 0) is 11.3 Å². The molecule has 1 aromatic rings. The van der Waals surface area contributed by atoms with Crippen molar-refractivity contribution in [2.75, 3.05) is 33.7 Å². The molecule has 1 heterocycles. The zero-order valence-electron chi connectivity index (χ0n) is 12.9. The van der Waals surface area contributed by atoms with E-state index in [0.29, 0.717) is 0 Å². The quantitative estimate of drug-likeness (QED) is 0.899. The Hall–Kier alpha value is -1.39. The lowest BCUT2D eigenvalue weighted by molar-refractivity contribution is -0.135. The van der Waals surface area contributed by atoms with E-state index in [1.807, 2.05) is 14.1 Å². The second-order valence-corrected chi connectivity index (χ2v) is 5.84. The number of carbonyl (C=O) groups excluding carboxylic acids is 1. The van der Waals surface area contributed by atoms with E-state index in [1.165, 1.54) is 16.7 Å². The number of rotatable bonds is 3. The first-order valence-electron chi connectivity index (χ1n) is 7.21. The molecule has 1 aromatic carbocycles. The van der Waals surface area contributed by atoms with Gasteiger partial charge in [0, 0.05) is 40.3 Å². The zero-order valence-corrected chi connectivity index (χ0v) is 12.9. The van der Waals surface area contributed by atoms with Crippen molar-refractivity contribution in [1.29, 1.82) is 0 Å². The Morgan fingerprint density at radius 1 is 1.35 bits per heavy atom. The summed E-state index contributed by atoms with van der Waals surface area (Å²) in [4.78, 5) is 16.2. The van der Waals surface area contributed by atoms with E-state index >= 15 is 0 Å². The molecule has 1 atom stereocenters. The Balaban J connectivity index is 2.12. The third-order valence-corrected chi connectivity index (χ3v) is 4.04. The van der Waals surface area contributed by atoms with Crippen LogP contribution in [0.15, 0.2) is 18.2 Å². The summed E-state index contributed by atoms with van der Waals surface area (Å²) in [6, 6.07) is 6.51. The normalized spacial score (nSPS) is 19.9. The van der Waals surface area contributed by atoms with Crippen LogP contribution in [0.3, 0.4) is 0 Å². The maximum absolute atomic E-state index is 12.3. The Labute approximate surface area is 121 Å². The summed E-state index contributed by atoms with van der Waals surface area (Å²) < 4.78 is 0. The number of hydrogen-bond donors (Lipinski definition) is 1. The third kappa shape index (κ3) is 3.38. The summed E-state index contributed by atoms with van der Waals surface area (Å²) in [6.07, 6.45) is 0. The molecule has 0 aliphatic carbocycles. The van der Waals surface area contributed by atoms with Gasteiger partial charge in [-0.15, -0.1) is 0 Å². The van der Waals surface area contributed by atoms with Crippen molar-refractivity contribution in [2.24, 2.45) is 0 Å². The third-order valence-electron chi connectivity index (χ3n) is 4.04. The molecule has 1 saturated heterocycles. The number of likely N-dealkylation sites (N-methyl/N-ethyl adjacent to an activating group) is 1. The van der Waals surface area contributed by atoms with Gasteiger partial charge in [-0.3, -0.25) is 9.69 Å². The molecular weight excluding hydrogens is 250 g/mol. The van der Waals surface area contributed by atoms with Gasteiger partial charge in [-0.1, -0.05) is 18.2 Å². The van der Waals surface area contributed by atoms with Crippen molar-refractivity contribution >= 4 is 5.91 Å². The molecular formula is C16H25N3O. The van der Waals surface area contributed by atoms with Crippen molar-refractivity contribution in [3.63, 3.8) is 0 Å². The highest BCUT2D eigenvalue weighted by molar-refractivity contribution is 5.81. The Morgan fingerprint density at radius 2 is 2.10 bits per heavy atom. The Bertz CT molecular complexity index is 485. The molecule has 4 heteroatoms. The van der Waals surface area contributed by atoms with Crippen LogP contribution in [0.25, 0.3) is 0 Å². The molecule has 110 valence electrons. The van der Waals surface area contributed by atoms with Crippen molar-refractivity contribution in [2.45, 2.75) is 26.4 Å². The number of carbonyl (C=O) groups is 1. The molecule has 20 heavy (non-hydrogen) atoms. The van der Waals surface area contributed by atoms with E-state index in [9.17, 15) is 4.79 Å². The van der Waals surface area contributed by atoms with E-state index in [1.54, 1.807) is 4.90 Å². The fourth-order valence-corrected chi connectivity index (χ4v) is 2.61. The average Bonchev–Trinajstić information content (AvgIpc) is 2.42. The van der Waals surface area contributed by atoms with Crippen LogP contribution in [-0.4, -0.2) is 55.5 Å². The van der Waals surface area contributed by atoms with Crippen molar-refractivity contribution in [3.8, 4) is 0 Å². The van der Waals surface area contributed by atoms with Crippen LogP contribution in [0.5, 0.6) is 0 Å². The zero-order chi connectivity index (χ0) is 14.7. The molecule has 2 rings (SSSR count). The number of hydrogen-bond acceptors (Lipinski definition) is 3. The van der Waals surface area contributed by atoms with Crippen molar-refractivity contribution in [1.82, 2.24) is 15.1 Å². The van der Waals surface area contributed by atoms with Gasteiger partial charge >= 0.3 is 0 Å². The number of amides is 1. The van der Waals surface area contributed by atoms with E-state index in [-0.39, 0.29) is 11.9 Å². The van der Waals surface area contributed by atoms with Gasteiger partial charge in [0.25, 0.3) is 0 Å². The van der Waals surface area contributed by atoms with Gasteiger partial charge in [-0.25, -0.2) is 0 Å². The molecule has 0 bridgehead atoms. The second kappa shape index (κ2) is 6.37. The van der Waals surface area contributed by atoms with E-state index in [4.69, 9.17) is 0 Å². The molecule has 4 nitrogen and oxygen atoms in total. The van der Waals surface area contributed by atoms with Gasteiger partial charge in [0.2, 0.25) is 5.91 Å². The van der Waals surface area contributed by atoms with Gasteiger partial charge in [0.05, 0.1) is 0 Å². The maximum Gasteiger partial charge on any atom is 0.240 e. The SMILES string of the molecule is Cc1ccc(CN2CCNCC2C(=O)N(C)C)cc1C. The van der Waals surface area contributed by atoms with Crippen molar-refractivity contribution in [3.05, 3.63) is 34.9 Å². The molecule has 1 N–H and O–H groups in total. The second-order valence-electron chi connectivity index (χ2n) is 5.84. The molecule has 1 unspecified atom stereocenters. The monoisotopic (exact) mass is 275 g/mol. The van der Waals surface area contributed by atoms with E-state index < -0.39 is 0 Å². The van der Waals surface area contributed by atoms with Gasteiger partial charge in [0.1, 0.15) is 6.04 Å². The predicted molar refractivity (Wildman–Crippen MR) is 81.7 cm³/mol. The topological polar surface area (TPSA) is 35.6 Å². The maximum atomic E-state index is 12.3. The predicted octanol–water partition coefficient (Wildman–Crippen LogP) is 1.17. The van der Waals surface area contributed by atoms with E-state index in [0.717, 1.165) is 26.2 Å². The van der Waals surface area contributed by atoms with Crippen LogP contribution >= 0.6 is 0 Å². The first kappa shape index (κ1) is 15.0. The van der Waals surface area contributed by atoms with Gasteiger partial charge < -0.3 is 10.2 Å². The number of nitrogens with one attached hydrogen (secondary N) is 1. The van der Waals surface area contributed by atoms with Crippen LogP contribution in [0.1, 0.15) is 16.7 Å². The lowest BCUT2D eigenvalue weighted by atomic mass is 10.0. The first-order valence-corrected chi connectivity index (χ1v) is 7.21. The minimum absolute atomic E-state index is 0.0552. The summed E-state index contributed by atoms with van der Waals surface area (Å²) in [5, 5.41) is 3.32. The minimum atomic E-state index is -0.0552.